The van der Waals surface area contributed by atoms with E-state index in [1.165, 1.54) is 0 Å². The van der Waals surface area contributed by atoms with Crippen molar-refractivity contribution in [2.45, 2.75) is 19.8 Å². The minimum Gasteiger partial charge on any atom is -0.297 e. The van der Waals surface area contributed by atoms with Crippen LogP contribution in [0.2, 0.25) is 0 Å². The summed E-state index contributed by atoms with van der Waals surface area (Å²) in [6, 6.07) is 11.9. The first-order valence-electron chi connectivity index (χ1n) is 7.08. The van der Waals surface area contributed by atoms with Crippen molar-refractivity contribution in [2.24, 2.45) is 0 Å². The lowest BCUT2D eigenvalue weighted by Crippen LogP contribution is -2.25. The van der Waals surface area contributed by atoms with E-state index in [2.05, 4.69) is 16.8 Å². The van der Waals surface area contributed by atoms with Gasteiger partial charge < -0.3 is 0 Å². The van der Waals surface area contributed by atoms with Crippen LogP contribution in [0.3, 0.4) is 0 Å². The number of carbonyl (C=O) groups is 1. The zero-order valence-corrected chi connectivity index (χ0v) is 12.0. The Morgan fingerprint density at radius 3 is 2.57 bits per heavy atom. The van der Waals surface area contributed by atoms with E-state index in [1.807, 2.05) is 43.3 Å². The van der Waals surface area contributed by atoms with Gasteiger partial charge in [-0.1, -0.05) is 30.0 Å². The zero-order valence-electron chi connectivity index (χ0n) is 12.0. The third kappa shape index (κ3) is 2.95. The van der Waals surface area contributed by atoms with Crippen LogP contribution in [0.1, 0.15) is 29.5 Å². The quantitative estimate of drug-likeness (QED) is 0.750. The van der Waals surface area contributed by atoms with E-state index >= 15 is 0 Å². The fourth-order valence-corrected chi connectivity index (χ4v) is 2.46. The Morgan fingerprint density at radius 1 is 1.14 bits per heavy atom. The van der Waals surface area contributed by atoms with Gasteiger partial charge in [-0.15, -0.1) is 0 Å². The van der Waals surface area contributed by atoms with Gasteiger partial charge in [0.15, 0.2) is 0 Å². The van der Waals surface area contributed by atoms with Crippen molar-refractivity contribution in [1.29, 1.82) is 0 Å². The molecule has 1 saturated heterocycles. The molecule has 104 valence electrons. The number of hydrogen-bond acceptors (Lipinski definition) is 2. The highest BCUT2D eigenvalue weighted by Gasteiger charge is 2.23. The number of benzene rings is 1. The number of aromatic nitrogens is 1. The Balaban J connectivity index is 1.85. The van der Waals surface area contributed by atoms with Gasteiger partial charge in [0.1, 0.15) is 5.82 Å². The average Bonchev–Trinajstić information content (AvgIpc) is 2.92. The van der Waals surface area contributed by atoms with E-state index in [1.54, 1.807) is 11.1 Å². The molecule has 0 N–H and O–H groups in total. The number of nitrogens with zero attached hydrogens (tertiary/aromatic N) is 2. The van der Waals surface area contributed by atoms with Gasteiger partial charge in [-0.2, -0.15) is 0 Å². The van der Waals surface area contributed by atoms with Crippen molar-refractivity contribution in [1.82, 2.24) is 4.98 Å². The van der Waals surface area contributed by atoms with Crippen LogP contribution in [0.25, 0.3) is 0 Å². The molecule has 1 aromatic carbocycles. The molecule has 0 saturated carbocycles. The lowest BCUT2D eigenvalue weighted by Gasteiger charge is -2.16. The second-order valence-electron chi connectivity index (χ2n) is 5.13. The predicted octanol–water partition coefficient (Wildman–Crippen LogP) is 2.92. The number of carbonyl (C=O) groups excluding carboxylic acids is 1. The van der Waals surface area contributed by atoms with Crippen molar-refractivity contribution in [3.05, 3.63) is 59.3 Å². The number of amides is 1. The van der Waals surface area contributed by atoms with Crippen LogP contribution >= 0.6 is 0 Å². The summed E-state index contributed by atoms with van der Waals surface area (Å²) in [6.45, 7) is 2.74. The van der Waals surface area contributed by atoms with E-state index in [0.717, 1.165) is 35.5 Å². The zero-order chi connectivity index (χ0) is 14.7. The molecule has 1 amide bonds. The molecular formula is C18H16N2O. The van der Waals surface area contributed by atoms with Crippen molar-refractivity contribution >= 4 is 11.7 Å². The van der Waals surface area contributed by atoms with Crippen molar-refractivity contribution in [3.8, 4) is 11.8 Å². The van der Waals surface area contributed by atoms with Gasteiger partial charge >= 0.3 is 0 Å². The van der Waals surface area contributed by atoms with E-state index in [9.17, 15) is 4.79 Å². The Morgan fingerprint density at radius 2 is 1.90 bits per heavy atom. The maximum Gasteiger partial charge on any atom is 0.228 e. The topological polar surface area (TPSA) is 33.2 Å². The maximum atomic E-state index is 11.8. The largest absolute Gasteiger partial charge is 0.297 e. The molecule has 1 aromatic heterocycles. The average molecular weight is 276 g/mol. The first-order valence-corrected chi connectivity index (χ1v) is 7.08. The molecule has 3 heteroatoms. The lowest BCUT2D eigenvalue weighted by molar-refractivity contribution is -0.117. The summed E-state index contributed by atoms with van der Waals surface area (Å²) < 4.78 is 0. The minimum atomic E-state index is 0.161. The third-order valence-electron chi connectivity index (χ3n) is 3.50. The van der Waals surface area contributed by atoms with Crippen LogP contribution < -0.4 is 4.90 Å². The summed E-state index contributed by atoms with van der Waals surface area (Å²) in [7, 11) is 0. The second kappa shape index (κ2) is 5.80. The van der Waals surface area contributed by atoms with Gasteiger partial charge in [-0.25, -0.2) is 4.98 Å². The smallest absolute Gasteiger partial charge is 0.228 e. The van der Waals surface area contributed by atoms with Gasteiger partial charge in [0.25, 0.3) is 0 Å². The van der Waals surface area contributed by atoms with E-state index < -0.39 is 0 Å². The Labute approximate surface area is 124 Å². The fourth-order valence-electron chi connectivity index (χ4n) is 2.46. The summed E-state index contributed by atoms with van der Waals surface area (Å²) >= 11 is 0. The van der Waals surface area contributed by atoms with Crippen LogP contribution in [0.15, 0.2) is 42.6 Å². The second-order valence-corrected chi connectivity index (χ2v) is 5.13. The maximum absolute atomic E-state index is 11.8. The third-order valence-corrected chi connectivity index (χ3v) is 3.50. The van der Waals surface area contributed by atoms with Crippen LogP contribution in [0, 0.1) is 18.8 Å². The van der Waals surface area contributed by atoms with Crippen LogP contribution in [0.5, 0.6) is 0 Å². The highest BCUT2D eigenvalue weighted by molar-refractivity contribution is 5.95. The Kier molecular flexibility index (Phi) is 3.70. The number of pyridine rings is 1. The molecule has 21 heavy (non-hydrogen) atoms. The Hall–Kier alpha value is -2.60. The summed E-state index contributed by atoms with van der Waals surface area (Å²) in [5.74, 6) is 7.16. The van der Waals surface area contributed by atoms with Crippen molar-refractivity contribution < 1.29 is 4.79 Å². The first-order chi connectivity index (χ1) is 10.2. The molecule has 0 radical (unpaired) electrons. The molecule has 0 unspecified atom stereocenters. The van der Waals surface area contributed by atoms with E-state index in [4.69, 9.17) is 0 Å². The normalized spacial score (nSPS) is 14.0. The van der Waals surface area contributed by atoms with Crippen molar-refractivity contribution in [2.75, 3.05) is 11.4 Å². The predicted molar refractivity (Wildman–Crippen MR) is 83.0 cm³/mol. The molecule has 2 aromatic rings. The van der Waals surface area contributed by atoms with Gasteiger partial charge in [0.2, 0.25) is 5.91 Å². The van der Waals surface area contributed by atoms with Crippen LogP contribution in [0.4, 0.5) is 5.82 Å². The van der Waals surface area contributed by atoms with E-state index in [-0.39, 0.29) is 5.91 Å². The SMILES string of the molecule is Cc1cc(C#Cc2ccccc2)cnc1N1CCCC1=O. The van der Waals surface area contributed by atoms with Crippen molar-refractivity contribution in [3.63, 3.8) is 0 Å². The fraction of sp³-hybridized carbons (Fsp3) is 0.222. The Bertz CT molecular complexity index is 726. The lowest BCUT2D eigenvalue weighted by atomic mass is 10.1. The van der Waals surface area contributed by atoms with E-state index in [0.29, 0.717) is 6.42 Å². The van der Waals surface area contributed by atoms with Crippen LogP contribution in [-0.2, 0) is 4.79 Å². The first kappa shape index (κ1) is 13.4. The monoisotopic (exact) mass is 276 g/mol. The standard InChI is InChI=1S/C18H16N2O/c1-14-12-16(10-9-15-6-3-2-4-7-15)13-19-18(14)20-11-5-8-17(20)21/h2-4,6-7,12-13H,5,8,11H2,1H3. The number of anilines is 1. The number of hydrogen-bond donors (Lipinski definition) is 0. The summed E-state index contributed by atoms with van der Waals surface area (Å²) in [6.07, 6.45) is 3.27. The number of aryl methyl sites for hydroxylation is 1. The van der Waals surface area contributed by atoms with Gasteiger partial charge in [-0.3, -0.25) is 9.69 Å². The molecule has 0 aliphatic carbocycles. The molecule has 3 nitrogen and oxygen atoms in total. The molecule has 0 bridgehead atoms. The highest BCUT2D eigenvalue weighted by atomic mass is 16.2. The summed E-state index contributed by atoms with van der Waals surface area (Å²) in [5, 5.41) is 0. The molecule has 1 aliphatic heterocycles. The molecule has 0 atom stereocenters. The molecule has 3 rings (SSSR count). The van der Waals surface area contributed by atoms with Crippen LogP contribution in [-0.4, -0.2) is 17.4 Å². The molecule has 1 fully saturated rings. The highest BCUT2D eigenvalue weighted by Crippen LogP contribution is 2.23. The van der Waals surface area contributed by atoms with Gasteiger partial charge in [0, 0.05) is 30.3 Å². The minimum absolute atomic E-state index is 0.161. The number of rotatable bonds is 1. The summed E-state index contributed by atoms with van der Waals surface area (Å²) in [5.41, 5.74) is 2.84. The molecule has 2 heterocycles. The van der Waals surface area contributed by atoms with Gasteiger partial charge in [-0.05, 0) is 37.1 Å². The molecule has 1 aliphatic rings. The molecular weight excluding hydrogens is 260 g/mol. The summed E-state index contributed by atoms with van der Waals surface area (Å²) in [4.78, 5) is 18.0. The van der Waals surface area contributed by atoms with Gasteiger partial charge in [0.05, 0.1) is 0 Å². The molecule has 0 spiro atoms.